The van der Waals surface area contributed by atoms with Crippen LogP contribution in [0.2, 0.25) is 0 Å². The maximum atomic E-state index is 12.0. The van der Waals surface area contributed by atoms with Crippen LogP contribution >= 0.6 is 0 Å². The van der Waals surface area contributed by atoms with Crippen LogP contribution in [-0.2, 0) is 0 Å². The standard InChI is InChI=1S/C17H24N4O2/c1-4-13(3)21-16(9-10-19-21)20-17(23)18-11-15(22)14-7-5-12(2)6-8-14/h5-10,13,15,22H,4,11H2,1-3H3,(H2,18,20,23). The van der Waals surface area contributed by atoms with Gasteiger partial charge in [0.2, 0.25) is 0 Å². The molecule has 6 nitrogen and oxygen atoms in total. The van der Waals surface area contributed by atoms with Gasteiger partial charge in [0.25, 0.3) is 0 Å². The molecule has 2 atom stereocenters. The first-order chi connectivity index (χ1) is 11.0. The molecule has 23 heavy (non-hydrogen) atoms. The molecule has 2 amide bonds. The van der Waals surface area contributed by atoms with E-state index >= 15 is 0 Å². The lowest BCUT2D eigenvalue weighted by Crippen LogP contribution is -2.33. The highest BCUT2D eigenvalue weighted by atomic mass is 16.3. The van der Waals surface area contributed by atoms with Crippen LogP contribution < -0.4 is 10.6 Å². The van der Waals surface area contributed by atoms with Crippen LogP contribution in [0.3, 0.4) is 0 Å². The number of aliphatic hydroxyl groups excluding tert-OH is 1. The average Bonchev–Trinajstić information content (AvgIpc) is 3.00. The van der Waals surface area contributed by atoms with Gasteiger partial charge in [-0.1, -0.05) is 36.8 Å². The topological polar surface area (TPSA) is 79.2 Å². The first-order valence-electron chi connectivity index (χ1n) is 7.84. The number of aliphatic hydroxyl groups is 1. The van der Waals surface area contributed by atoms with Crippen LogP contribution in [-0.4, -0.2) is 27.5 Å². The minimum Gasteiger partial charge on any atom is -0.387 e. The first kappa shape index (κ1) is 17.0. The van der Waals surface area contributed by atoms with Crippen molar-refractivity contribution in [3.05, 3.63) is 47.7 Å². The van der Waals surface area contributed by atoms with Crippen molar-refractivity contribution >= 4 is 11.8 Å². The summed E-state index contributed by atoms with van der Waals surface area (Å²) in [5.41, 5.74) is 1.91. The summed E-state index contributed by atoms with van der Waals surface area (Å²) in [4.78, 5) is 12.0. The predicted molar refractivity (Wildman–Crippen MR) is 90.4 cm³/mol. The Morgan fingerprint density at radius 3 is 2.65 bits per heavy atom. The van der Waals surface area contributed by atoms with Gasteiger partial charge in [-0.05, 0) is 25.8 Å². The van der Waals surface area contributed by atoms with Crippen molar-refractivity contribution in [1.29, 1.82) is 0 Å². The zero-order valence-corrected chi connectivity index (χ0v) is 13.8. The number of carbonyl (C=O) groups is 1. The Balaban J connectivity index is 1.88. The van der Waals surface area contributed by atoms with Crippen molar-refractivity contribution in [2.24, 2.45) is 0 Å². The second kappa shape index (κ2) is 7.78. The van der Waals surface area contributed by atoms with E-state index in [1.54, 1.807) is 16.9 Å². The molecule has 2 aromatic rings. The quantitative estimate of drug-likeness (QED) is 0.766. The lowest BCUT2D eigenvalue weighted by atomic mass is 10.1. The molecule has 1 heterocycles. The molecule has 2 unspecified atom stereocenters. The number of nitrogens with one attached hydrogen (secondary N) is 2. The number of hydrogen-bond donors (Lipinski definition) is 3. The molecule has 0 saturated heterocycles. The summed E-state index contributed by atoms with van der Waals surface area (Å²) in [6.45, 7) is 6.24. The van der Waals surface area contributed by atoms with Gasteiger partial charge in [0.05, 0.1) is 18.3 Å². The van der Waals surface area contributed by atoms with Gasteiger partial charge < -0.3 is 10.4 Å². The number of aryl methyl sites for hydroxylation is 1. The Morgan fingerprint density at radius 1 is 1.30 bits per heavy atom. The summed E-state index contributed by atoms with van der Waals surface area (Å²) in [5.74, 6) is 0.640. The van der Waals surface area contributed by atoms with Gasteiger partial charge in [-0.15, -0.1) is 0 Å². The van der Waals surface area contributed by atoms with Crippen molar-refractivity contribution in [3.8, 4) is 0 Å². The van der Waals surface area contributed by atoms with Crippen LogP contribution in [0.4, 0.5) is 10.6 Å². The molecule has 1 aromatic carbocycles. The summed E-state index contributed by atoms with van der Waals surface area (Å²) in [6, 6.07) is 9.18. The van der Waals surface area contributed by atoms with E-state index in [0.717, 1.165) is 17.5 Å². The van der Waals surface area contributed by atoms with E-state index in [0.29, 0.717) is 5.82 Å². The number of aromatic nitrogens is 2. The van der Waals surface area contributed by atoms with E-state index in [1.165, 1.54) is 0 Å². The van der Waals surface area contributed by atoms with Crippen LogP contribution in [0.25, 0.3) is 0 Å². The number of benzene rings is 1. The van der Waals surface area contributed by atoms with Gasteiger partial charge in [-0.2, -0.15) is 5.10 Å². The van der Waals surface area contributed by atoms with Crippen LogP contribution in [0.5, 0.6) is 0 Å². The van der Waals surface area contributed by atoms with Gasteiger partial charge in [-0.3, -0.25) is 5.32 Å². The number of carbonyl (C=O) groups excluding carboxylic acids is 1. The van der Waals surface area contributed by atoms with E-state index in [-0.39, 0.29) is 18.6 Å². The summed E-state index contributed by atoms with van der Waals surface area (Å²) in [7, 11) is 0. The Hall–Kier alpha value is -2.34. The van der Waals surface area contributed by atoms with E-state index in [1.807, 2.05) is 38.1 Å². The molecule has 0 aliphatic carbocycles. The maximum absolute atomic E-state index is 12.0. The minimum atomic E-state index is -0.735. The molecule has 1 aromatic heterocycles. The van der Waals surface area contributed by atoms with Crippen molar-refractivity contribution in [2.75, 3.05) is 11.9 Å². The molecule has 0 spiro atoms. The van der Waals surface area contributed by atoms with E-state index in [9.17, 15) is 9.90 Å². The predicted octanol–water partition coefficient (Wildman–Crippen LogP) is 3.02. The van der Waals surface area contributed by atoms with E-state index in [4.69, 9.17) is 0 Å². The molecule has 0 radical (unpaired) electrons. The molecule has 0 fully saturated rings. The summed E-state index contributed by atoms with van der Waals surface area (Å²) in [6.07, 6.45) is 1.84. The SMILES string of the molecule is CCC(C)n1nccc1NC(=O)NCC(O)c1ccc(C)cc1. The van der Waals surface area contributed by atoms with Crippen LogP contribution in [0, 0.1) is 6.92 Å². The summed E-state index contributed by atoms with van der Waals surface area (Å²) >= 11 is 0. The molecule has 124 valence electrons. The second-order valence-corrected chi connectivity index (χ2v) is 5.68. The normalized spacial score (nSPS) is 13.4. The van der Waals surface area contributed by atoms with Crippen LogP contribution in [0.15, 0.2) is 36.5 Å². The zero-order valence-electron chi connectivity index (χ0n) is 13.8. The molecule has 0 saturated carbocycles. The van der Waals surface area contributed by atoms with Crippen molar-refractivity contribution in [3.63, 3.8) is 0 Å². The minimum absolute atomic E-state index is 0.145. The fourth-order valence-electron chi connectivity index (χ4n) is 2.19. The number of urea groups is 1. The van der Waals surface area contributed by atoms with Gasteiger partial charge >= 0.3 is 6.03 Å². The largest absolute Gasteiger partial charge is 0.387 e. The third-order valence-electron chi connectivity index (χ3n) is 3.84. The maximum Gasteiger partial charge on any atom is 0.320 e. The van der Waals surface area contributed by atoms with Gasteiger partial charge in [0.15, 0.2) is 0 Å². The summed E-state index contributed by atoms with van der Waals surface area (Å²) < 4.78 is 1.77. The number of hydrogen-bond acceptors (Lipinski definition) is 3. The third kappa shape index (κ3) is 4.56. The Labute approximate surface area is 136 Å². The Kier molecular flexibility index (Phi) is 5.76. The third-order valence-corrected chi connectivity index (χ3v) is 3.84. The number of anilines is 1. The number of amides is 2. The molecule has 0 aliphatic heterocycles. The Bertz CT molecular complexity index is 636. The molecule has 0 bridgehead atoms. The smallest absolute Gasteiger partial charge is 0.320 e. The first-order valence-corrected chi connectivity index (χ1v) is 7.84. The van der Waals surface area contributed by atoms with Crippen molar-refractivity contribution < 1.29 is 9.90 Å². The number of rotatable bonds is 6. The van der Waals surface area contributed by atoms with Gasteiger partial charge in [-0.25, -0.2) is 9.48 Å². The van der Waals surface area contributed by atoms with Crippen molar-refractivity contribution in [2.45, 2.75) is 39.3 Å². The fraction of sp³-hybridized carbons (Fsp3) is 0.412. The van der Waals surface area contributed by atoms with Crippen molar-refractivity contribution in [1.82, 2.24) is 15.1 Å². The van der Waals surface area contributed by atoms with Gasteiger partial charge in [0.1, 0.15) is 5.82 Å². The molecular weight excluding hydrogens is 292 g/mol. The number of nitrogens with zero attached hydrogens (tertiary/aromatic N) is 2. The van der Waals surface area contributed by atoms with Crippen LogP contribution in [0.1, 0.15) is 43.5 Å². The molecule has 3 N–H and O–H groups in total. The highest BCUT2D eigenvalue weighted by Gasteiger charge is 2.13. The summed E-state index contributed by atoms with van der Waals surface area (Å²) in [5, 5.41) is 19.8. The van der Waals surface area contributed by atoms with E-state index < -0.39 is 6.10 Å². The lowest BCUT2D eigenvalue weighted by molar-refractivity contribution is 0.175. The van der Waals surface area contributed by atoms with Gasteiger partial charge in [0, 0.05) is 12.6 Å². The Morgan fingerprint density at radius 2 is 2.00 bits per heavy atom. The fourth-order valence-corrected chi connectivity index (χ4v) is 2.19. The second-order valence-electron chi connectivity index (χ2n) is 5.68. The average molecular weight is 316 g/mol. The lowest BCUT2D eigenvalue weighted by Gasteiger charge is -2.16. The zero-order chi connectivity index (χ0) is 16.8. The molecule has 0 aliphatic rings. The molecular formula is C17H24N4O2. The highest BCUT2D eigenvalue weighted by Crippen LogP contribution is 2.16. The molecule has 2 rings (SSSR count). The highest BCUT2D eigenvalue weighted by molar-refractivity contribution is 5.88. The monoisotopic (exact) mass is 316 g/mol. The molecule has 6 heteroatoms. The van der Waals surface area contributed by atoms with E-state index in [2.05, 4.69) is 22.7 Å².